The van der Waals surface area contributed by atoms with Gasteiger partial charge in [-0.05, 0) is 24.3 Å². The maximum atomic E-state index is 11.0. The number of aromatic carboxylic acids is 1. The number of carbonyl (C=O) groups is 1. The lowest BCUT2D eigenvalue weighted by atomic mass is 10.2. The summed E-state index contributed by atoms with van der Waals surface area (Å²) < 4.78 is 15.8. The SMILES string of the molecule is COc1cc(OC)c(OC)cc1C=NNc1cccc(C(=O)O)c1. The van der Waals surface area contributed by atoms with Crippen LogP contribution in [0.2, 0.25) is 0 Å². The number of anilines is 1. The Morgan fingerprint density at radius 2 is 1.71 bits per heavy atom. The summed E-state index contributed by atoms with van der Waals surface area (Å²) in [5, 5.41) is 13.1. The zero-order chi connectivity index (χ0) is 17.5. The van der Waals surface area contributed by atoms with Crippen molar-refractivity contribution in [1.29, 1.82) is 0 Å². The number of hydrazone groups is 1. The molecule has 0 aliphatic carbocycles. The van der Waals surface area contributed by atoms with E-state index < -0.39 is 5.97 Å². The van der Waals surface area contributed by atoms with Crippen molar-refractivity contribution < 1.29 is 24.1 Å². The van der Waals surface area contributed by atoms with E-state index >= 15 is 0 Å². The van der Waals surface area contributed by atoms with E-state index in [1.165, 1.54) is 12.1 Å². The van der Waals surface area contributed by atoms with E-state index in [0.717, 1.165) is 0 Å². The van der Waals surface area contributed by atoms with Gasteiger partial charge in [0.2, 0.25) is 0 Å². The molecule has 2 N–H and O–H groups in total. The minimum atomic E-state index is -0.996. The van der Waals surface area contributed by atoms with Gasteiger partial charge in [0.15, 0.2) is 11.5 Å². The van der Waals surface area contributed by atoms with Crippen molar-refractivity contribution in [2.75, 3.05) is 26.8 Å². The fraction of sp³-hybridized carbons (Fsp3) is 0.176. The van der Waals surface area contributed by atoms with E-state index in [2.05, 4.69) is 10.5 Å². The van der Waals surface area contributed by atoms with Gasteiger partial charge in [-0.15, -0.1) is 0 Å². The van der Waals surface area contributed by atoms with Gasteiger partial charge in [-0.25, -0.2) is 4.79 Å². The molecule has 0 amide bonds. The van der Waals surface area contributed by atoms with Crippen LogP contribution in [0.25, 0.3) is 0 Å². The Kier molecular flexibility index (Phi) is 5.62. The van der Waals surface area contributed by atoms with Gasteiger partial charge >= 0.3 is 5.97 Å². The van der Waals surface area contributed by atoms with Crippen molar-refractivity contribution in [3.8, 4) is 17.2 Å². The highest BCUT2D eigenvalue weighted by molar-refractivity contribution is 5.89. The number of rotatable bonds is 7. The number of methoxy groups -OCH3 is 3. The molecule has 7 nitrogen and oxygen atoms in total. The highest BCUT2D eigenvalue weighted by atomic mass is 16.5. The number of carboxylic acid groups (broad SMARTS) is 1. The molecule has 24 heavy (non-hydrogen) atoms. The second-order valence-electron chi connectivity index (χ2n) is 4.71. The molecule has 0 spiro atoms. The third kappa shape index (κ3) is 3.95. The molecule has 0 unspecified atom stereocenters. The minimum absolute atomic E-state index is 0.180. The molecule has 2 aromatic carbocycles. The smallest absolute Gasteiger partial charge is 0.335 e. The fourth-order valence-electron chi connectivity index (χ4n) is 2.05. The molecule has 0 aromatic heterocycles. The Labute approximate surface area is 139 Å². The van der Waals surface area contributed by atoms with E-state index in [0.29, 0.717) is 28.5 Å². The summed E-state index contributed by atoms with van der Waals surface area (Å²) in [4.78, 5) is 11.0. The number of hydrogen-bond acceptors (Lipinski definition) is 6. The van der Waals surface area contributed by atoms with Gasteiger partial charge in [-0.2, -0.15) is 5.10 Å². The van der Waals surface area contributed by atoms with Crippen molar-refractivity contribution >= 4 is 17.9 Å². The third-order valence-electron chi connectivity index (χ3n) is 3.24. The molecule has 0 saturated heterocycles. The first-order valence-corrected chi connectivity index (χ1v) is 7.01. The van der Waals surface area contributed by atoms with Gasteiger partial charge in [0.1, 0.15) is 5.75 Å². The molecule has 0 heterocycles. The topological polar surface area (TPSA) is 89.4 Å². The number of nitrogens with one attached hydrogen (secondary N) is 1. The number of benzene rings is 2. The van der Waals surface area contributed by atoms with Gasteiger partial charge in [0, 0.05) is 11.6 Å². The average molecular weight is 330 g/mol. The summed E-state index contributed by atoms with van der Waals surface area (Å²) in [6.45, 7) is 0. The maximum Gasteiger partial charge on any atom is 0.335 e. The second kappa shape index (κ2) is 7.87. The second-order valence-corrected chi connectivity index (χ2v) is 4.71. The number of ether oxygens (including phenoxy) is 3. The number of nitrogens with zero attached hydrogens (tertiary/aromatic N) is 1. The van der Waals surface area contributed by atoms with Crippen LogP contribution in [0.4, 0.5) is 5.69 Å². The molecule has 0 fully saturated rings. The molecular formula is C17H18N2O5. The quantitative estimate of drug-likeness (QED) is 0.599. The number of carboxylic acids is 1. The molecular weight excluding hydrogens is 312 g/mol. The Morgan fingerprint density at radius 3 is 2.33 bits per heavy atom. The van der Waals surface area contributed by atoms with Gasteiger partial charge in [-0.3, -0.25) is 5.43 Å². The Hall–Kier alpha value is -3.22. The Morgan fingerprint density at radius 1 is 1.04 bits per heavy atom. The van der Waals surface area contributed by atoms with Crippen molar-refractivity contribution in [1.82, 2.24) is 0 Å². The predicted molar refractivity (Wildman–Crippen MR) is 90.7 cm³/mol. The summed E-state index contributed by atoms with van der Waals surface area (Å²) in [5.41, 5.74) is 4.20. The summed E-state index contributed by atoms with van der Waals surface area (Å²) in [6.07, 6.45) is 1.55. The molecule has 126 valence electrons. The normalized spacial score (nSPS) is 10.5. The molecule has 2 aromatic rings. The van der Waals surface area contributed by atoms with Gasteiger partial charge in [0.25, 0.3) is 0 Å². The van der Waals surface area contributed by atoms with Gasteiger partial charge < -0.3 is 19.3 Å². The zero-order valence-electron chi connectivity index (χ0n) is 13.6. The Balaban J connectivity index is 2.22. The van der Waals surface area contributed by atoms with Crippen LogP contribution in [-0.4, -0.2) is 38.6 Å². The van der Waals surface area contributed by atoms with E-state index in [1.807, 2.05) is 0 Å². The van der Waals surface area contributed by atoms with Crippen LogP contribution in [0.5, 0.6) is 17.2 Å². The molecule has 0 atom stereocenters. The molecule has 0 aliphatic heterocycles. The summed E-state index contributed by atoms with van der Waals surface area (Å²) >= 11 is 0. The lowest BCUT2D eigenvalue weighted by Gasteiger charge is -2.11. The van der Waals surface area contributed by atoms with Crippen molar-refractivity contribution in [2.45, 2.75) is 0 Å². The fourth-order valence-corrected chi connectivity index (χ4v) is 2.05. The van der Waals surface area contributed by atoms with E-state index in [-0.39, 0.29) is 5.56 Å². The molecule has 0 aliphatic rings. The summed E-state index contributed by atoms with van der Waals surface area (Å²) in [6, 6.07) is 9.79. The molecule has 0 radical (unpaired) electrons. The molecule has 2 rings (SSSR count). The molecule has 0 bridgehead atoms. The van der Waals surface area contributed by atoms with Crippen LogP contribution in [0.15, 0.2) is 41.5 Å². The van der Waals surface area contributed by atoms with Crippen LogP contribution in [0.1, 0.15) is 15.9 Å². The standard InChI is InChI=1S/C17H18N2O5/c1-22-14-9-16(24-3)15(23-2)8-12(14)10-18-19-13-6-4-5-11(7-13)17(20)21/h4-10,19H,1-3H3,(H,20,21). The van der Waals surface area contributed by atoms with Crippen LogP contribution in [-0.2, 0) is 0 Å². The van der Waals surface area contributed by atoms with Crippen molar-refractivity contribution in [3.05, 3.63) is 47.5 Å². The lowest BCUT2D eigenvalue weighted by molar-refractivity contribution is 0.0697. The minimum Gasteiger partial charge on any atom is -0.496 e. The largest absolute Gasteiger partial charge is 0.496 e. The monoisotopic (exact) mass is 330 g/mol. The first kappa shape index (κ1) is 17.1. The van der Waals surface area contributed by atoms with Crippen LogP contribution < -0.4 is 19.6 Å². The van der Waals surface area contributed by atoms with Crippen LogP contribution in [0, 0.1) is 0 Å². The Bertz CT molecular complexity index is 759. The summed E-state index contributed by atoms with van der Waals surface area (Å²) in [5.74, 6) is 0.669. The van der Waals surface area contributed by atoms with E-state index in [9.17, 15) is 4.79 Å². The van der Waals surface area contributed by atoms with Gasteiger partial charge in [-0.1, -0.05) is 6.07 Å². The van der Waals surface area contributed by atoms with Crippen molar-refractivity contribution in [2.24, 2.45) is 5.10 Å². The average Bonchev–Trinajstić information content (AvgIpc) is 2.61. The van der Waals surface area contributed by atoms with Gasteiger partial charge in [0.05, 0.1) is 38.8 Å². The lowest BCUT2D eigenvalue weighted by Crippen LogP contribution is -1.99. The highest BCUT2D eigenvalue weighted by Gasteiger charge is 2.10. The summed E-state index contributed by atoms with van der Waals surface area (Å²) in [7, 11) is 4.63. The van der Waals surface area contributed by atoms with Crippen LogP contribution in [0.3, 0.4) is 0 Å². The molecule has 0 saturated carbocycles. The maximum absolute atomic E-state index is 11.0. The molecule has 7 heteroatoms. The highest BCUT2D eigenvalue weighted by Crippen LogP contribution is 2.33. The van der Waals surface area contributed by atoms with Crippen LogP contribution >= 0.6 is 0 Å². The first-order valence-electron chi connectivity index (χ1n) is 7.01. The van der Waals surface area contributed by atoms with E-state index in [4.69, 9.17) is 19.3 Å². The first-order chi connectivity index (χ1) is 11.6. The zero-order valence-corrected chi connectivity index (χ0v) is 13.6. The third-order valence-corrected chi connectivity index (χ3v) is 3.24. The van der Waals surface area contributed by atoms with E-state index in [1.54, 1.807) is 51.8 Å². The number of hydrogen-bond donors (Lipinski definition) is 2. The predicted octanol–water partition coefficient (Wildman–Crippen LogP) is 2.86. The van der Waals surface area contributed by atoms with Crippen molar-refractivity contribution in [3.63, 3.8) is 0 Å².